The lowest BCUT2D eigenvalue weighted by molar-refractivity contribution is 0.715. The van der Waals surface area contributed by atoms with Gasteiger partial charge in [-0.1, -0.05) is 29.7 Å². The molecule has 0 aromatic carbocycles. The summed E-state index contributed by atoms with van der Waals surface area (Å²) in [6, 6.07) is 0. The van der Waals surface area contributed by atoms with Crippen molar-refractivity contribution in [1.29, 1.82) is 0 Å². The first-order valence-electron chi connectivity index (χ1n) is 5.19. The van der Waals surface area contributed by atoms with Crippen LogP contribution in [-0.2, 0) is 13.0 Å². The van der Waals surface area contributed by atoms with Gasteiger partial charge in [-0.25, -0.2) is 0 Å². The molecule has 16 heavy (non-hydrogen) atoms. The number of aryl methyl sites for hydroxylation is 1. The molecule has 2 heterocycles. The van der Waals surface area contributed by atoms with Gasteiger partial charge < -0.3 is 5.32 Å². The van der Waals surface area contributed by atoms with Gasteiger partial charge in [-0.05, 0) is 24.5 Å². The third kappa shape index (κ3) is 2.42. The molecule has 0 saturated heterocycles. The van der Waals surface area contributed by atoms with E-state index in [4.69, 9.17) is 0 Å². The summed E-state index contributed by atoms with van der Waals surface area (Å²) >= 11 is 3.00. The highest BCUT2D eigenvalue weighted by molar-refractivity contribution is 7.19. The summed E-state index contributed by atoms with van der Waals surface area (Å²) in [6.45, 7) is 5.87. The zero-order valence-corrected chi connectivity index (χ0v) is 10.9. The van der Waals surface area contributed by atoms with E-state index in [0.29, 0.717) is 0 Å². The van der Waals surface area contributed by atoms with Gasteiger partial charge in [-0.15, -0.1) is 15.3 Å². The molecule has 2 rings (SSSR count). The topological polar surface area (TPSA) is 63.6 Å². The second-order valence-electron chi connectivity index (χ2n) is 3.18. The summed E-state index contributed by atoms with van der Waals surface area (Å²) in [5.41, 5.74) is 1.01. The molecule has 7 heteroatoms. The Balaban J connectivity index is 2.18. The average Bonchev–Trinajstić information content (AvgIpc) is 2.94. The molecule has 1 N–H and O–H groups in total. The second-order valence-corrected chi connectivity index (χ2v) is 5.00. The average molecular weight is 255 g/mol. The molecule has 0 amide bonds. The van der Waals surface area contributed by atoms with Crippen LogP contribution in [0.3, 0.4) is 0 Å². The quantitative estimate of drug-likeness (QED) is 0.881. The van der Waals surface area contributed by atoms with Crippen molar-refractivity contribution in [1.82, 2.24) is 25.1 Å². The van der Waals surface area contributed by atoms with Crippen LogP contribution in [0.4, 0.5) is 0 Å². The van der Waals surface area contributed by atoms with E-state index >= 15 is 0 Å². The summed E-state index contributed by atoms with van der Waals surface area (Å²) < 4.78 is 3.96. The van der Waals surface area contributed by atoms with E-state index in [9.17, 15) is 0 Å². The van der Waals surface area contributed by atoms with Crippen molar-refractivity contribution in [2.24, 2.45) is 0 Å². The molecule has 0 aliphatic rings. The summed E-state index contributed by atoms with van der Waals surface area (Å²) in [5, 5.41) is 17.6. The predicted molar refractivity (Wildman–Crippen MR) is 65.6 cm³/mol. The minimum atomic E-state index is 0.780. The Morgan fingerprint density at radius 2 is 2.06 bits per heavy atom. The molecule has 0 spiro atoms. The first kappa shape index (κ1) is 11.6. The molecule has 2 aromatic rings. The lowest BCUT2D eigenvalue weighted by Gasteiger charge is -1.93. The minimum absolute atomic E-state index is 0.780. The maximum absolute atomic E-state index is 4.18. The Hall–Kier alpha value is -0.920. The minimum Gasteiger partial charge on any atom is -0.311 e. The first-order chi connectivity index (χ1) is 7.85. The van der Waals surface area contributed by atoms with Crippen LogP contribution in [0.2, 0.25) is 0 Å². The molecule has 0 saturated carbocycles. The van der Waals surface area contributed by atoms with Crippen LogP contribution in [0.25, 0.3) is 9.88 Å². The highest BCUT2D eigenvalue weighted by atomic mass is 32.1. The van der Waals surface area contributed by atoms with Crippen molar-refractivity contribution in [3.63, 3.8) is 0 Å². The van der Waals surface area contributed by atoms with Crippen molar-refractivity contribution in [3.05, 3.63) is 10.7 Å². The van der Waals surface area contributed by atoms with E-state index < -0.39 is 0 Å². The van der Waals surface area contributed by atoms with E-state index in [-0.39, 0.29) is 0 Å². The number of nitrogens with zero attached hydrogens (tertiary/aromatic N) is 4. The first-order valence-corrected chi connectivity index (χ1v) is 6.78. The molecular weight excluding hydrogens is 242 g/mol. The van der Waals surface area contributed by atoms with E-state index in [0.717, 1.165) is 40.1 Å². The van der Waals surface area contributed by atoms with E-state index in [1.807, 2.05) is 0 Å². The molecule has 0 aliphatic carbocycles. The van der Waals surface area contributed by atoms with Crippen LogP contribution < -0.4 is 5.32 Å². The molecule has 0 fully saturated rings. The van der Waals surface area contributed by atoms with Gasteiger partial charge >= 0.3 is 0 Å². The molecular formula is C9H13N5S2. The van der Waals surface area contributed by atoms with Crippen LogP contribution in [0.15, 0.2) is 0 Å². The van der Waals surface area contributed by atoms with Crippen molar-refractivity contribution in [2.45, 2.75) is 26.8 Å². The molecule has 2 aromatic heterocycles. The smallest absolute Gasteiger partial charge is 0.161 e. The standard InChI is InChI=1S/C9H13N5S2/c1-3-6-8(16-14-11-6)9-13-12-7(15-9)5-10-4-2/h10H,3-5H2,1-2H3. The molecule has 0 atom stereocenters. The van der Waals surface area contributed by atoms with Gasteiger partial charge in [0.05, 0.1) is 5.69 Å². The summed E-state index contributed by atoms with van der Waals surface area (Å²) in [5.74, 6) is 0. The Bertz CT molecular complexity index is 450. The van der Waals surface area contributed by atoms with Gasteiger partial charge in [-0.3, -0.25) is 0 Å². The number of hydrogen-bond donors (Lipinski definition) is 1. The fraction of sp³-hybridized carbons (Fsp3) is 0.556. The van der Waals surface area contributed by atoms with Crippen LogP contribution in [0, 0.1) is 0 Å². The van der Waals surface area contributed by atoms with Crippen molar-refractivity contribution in [2.75, 3.05) is 6.54 Å². The maximum Gasteiger partial charge on any atom is 0.161 e. The highest BCUT2D eigenvalue weighted by Gasteiger charge is 2.13. The lowest BCUT2D eigenvalue weighted by atomic mass is 10.3. The lowest BCUT2D eigenvalue weighted by Crippen LogP contribution is -2.11. The highest BCUT2D eigenvalue weighted by Crippen LogP contribution is 2.28. The van der Waals surface area contributed by atoms with Crippen LogP contribution >= 0.6 is 22.9 Å². The Kier molecular flexibility index (Phi) is 3.92. The third-order valence-electron chi connectivity index (χ3n) is 2.08. The van der Waals surface area contributed by atoms with Gasteiger partial charge in [0.15, 0.2) is 5.01 Å². The van der Waals surface area contributed by atoms with Crippen molar-refractivity contribution >= 4 is 22.9 Å². The monoisotopic (exact) mass is 255 g/mol. The van der Waals surface area contributed by atoms with Crippen molar-refractivity contribution < 1.29 is 0 Å². The zero-order chi connectivity index (χ0) is 11.4. The molecule has 5 nitrogen and oxygen atoms in total. The van der Waals surface area contributed by atoms with Gasteiger partial charge in [0.1, 0.15) is 9.88 Å². The summed E-state index contributed by atoms with van der Waals surface area (Å²) in [6.07, 6.45) is 0.883. The van der Waals surface area contributed by atoms with E-state index in [1.54, 1.807) is 11.3 Å². The molecule has 0 radical (unpaired) electrons. The van der Waals surface area contributed by atoms with Crippen LogP contribution in [0.5, 0.6) is 0 Å². The zero-order valence-electron chi connectivity index (χ0n) is 9.23. The largest absolute Gasteiger partial charge is 0.311 e. The van der Waals surface area contributed by atoms with Crippen LogP contribution in [0.1, 0.15) is 24.5 Å². The second kappa shape index (κ2) is 5.42. The molecule has 86 valence electrons. The molecule has 0 aliphatic heterocycles. The Labute approximate surface area is 102 Å². The van der Waals surface area contributed by atoms with Gasteiger partial charge in [0.2, 0.25) is 0 Å². The van der Waals surface area contributed by atoms with E-state index in [2.05, 4.69) is 38.9 Å². The fourth-order valence-electron chi connectivity index (χ4n) is 1.25. The predicted octanol–water partition coefficient (Wildman–Crippen LogP) is 1.73. The SMILES string of the molecule is CCNCc1nnc(-c2snnc2CC)s1. The Morgan fingerprint density at radius 3 is 2.81 bits per heavy atom. The number of nitrogens with one attached hydrogen (secondary N) is 1. The number of aromatic nitrogens is 4. The molecule has 0 bridgehead atoms. The number of hydrogen-bond acceptors (Lipinski definition) is 7. The Morgan fingerprint density at radius 1 is 1.19 bits per heavy atom. The third-order valence-corrected chi connectivity index (χ3v) is 3.92. The number of rotatable bonds is 5. The maximum atomic E-state index is 4.18. The summed E-state index contributed by atoms with van der Waals surface area (Å²) in [7, 11) is 0. The molecule has 0 unspecified atom stereocenters. The normalized spacial score (nSPS) is 10.9. The summed E-state index contributed by atoms with van der Waals surface area (Å²) in [4.78, 5) is 1.06. The van der Waals surface area contributed by atoms with Gasteiger partial charge in [0.25, 0.3) is 0 Å². The van der Waals surface area contributed by atoms with E-state index in [1.165, 1.54) is 11.5 Å². The van der Waals surface area contributed by atoms with Crippen LogP contribution in [-0.4, -0.2) is 26.3 Å². The van der Waals surface area contributed by atoms with Crippen molar-refractivity contribution in [3.8, 4) is 9.88 Å². The van der Waals surface area contributed by atoms with Gasteiger partial charge in [-0.2, -0.15) is 0 Å². The fourth-order valence-corrected chi connectivity index (χ4v) is 2.89. The van der Waals surface area contributed by atoms with Gasteiger partial charge in [0, 0.05) is 6.54 Å².